The van der Waals surface area contributed by atoms with Gasteiger partial charge in [0.15, 0.2) is 5.58 Å². The van der Waals surface area contributed by atoms with Gasteiger partial charge in [-0.1, -0.05) is 20.8 Å². The molecule has 3 rings (SSSR count). The quantitative estimate of drug-likeness (QED) is 0.670. The summed E-state index contributed by atoms with van der Waals surface area (Å²) in [6.07, 6.45) is 0. The number of thiophene rings is 1. The van der Waals surface area contributed by atoms with Crippen molar-refractivity contribution in [1.29, 1.82) is 0 Å². The Kier molecular flexibility index (Phi) is 4.02. The molecule has 0 saturated carbocycles. The van der Waals surface area contributed by atoms with Gasteiger partial charge in [0.1, 0.15) is 9.73 Å². The number of benzene rings is 1. The van der Waals surface area contributed by atoms with Gasteiger partial charge in [0.25, 0.3) is 10.0 Å². The number of hydrogen-bond donors (Lipinski definition) is 1. The van der Waals surface area contributed by atoms with Crippen molar-refractivity contribution in [2.24, 2.45) is 0 Å². The molecule has 23 heavy (non-hydrogen) atoms. The summed E-state index contributed by atoms with van der Waals surface area (Å²) >= 11 is 4.42. The highest BCUT2D eigenvalue weighted by Gasteiger charge is 2.22. The summed E-state index contributed by atoms with van der Waals surface area (Å²) in [5.41, 5.74) is 1.51. The van der Waals surface area contributed by atoms with E-state index in [1.807, 2.05) is 20.8 Å². The number of oxazole rings is 1. The number of hydrogen-bond acceptors (Lipinski definition) is 5. The van der Waals surface area contributed by atoms with E-state index in [-0.39, 0.29) is 9.62 Å². The van der Waals surface area contributed by atoms with Gasteiger partial charge in [0.05, 0.1) is 9.47 Å². The number of nitrogens with zero attached hydrogens (tertiary/aromatic N) is 1. The fourth-order valence-corrected chi connectivity index (χ4v) is 5.02. The van der Waals surface area contributed by atoms with Gasteiger partial charge in [0.2, 0.25) is 5.89 Å². The number of rotatable bonds is 3. The molecule has 0 unspecified atom stereocenters. The summed E-state index contributed by atoms with van der Waals surface area (Å²) in [5, 5.41) is 0. The van der Waals surface area contributed by atoms with Crippen molar-refractivity contribution >= 4 is 54.1 Å². The first kappa shape index (κ1) is 16.5. The third kappa shape index (κ3) is 3.44. The lowest BCUT2D eigenvalue weighted by Crippen LogP contribution is -2.11. The summed E-state index contributed by atoms with van der Waals surface area (Å²) in [6, 6.07) is 8.33. The van der Waals surface area contributed by atoms with E-state index >= 15 is 0 Å². The molecular weight excluding hydrogens is 400 g/mol. The third-order valence-electron chi connectivity index (χ3n) is 3.09. The zero-order valence-corrected chi connectivity index (χ0v) is 16.0. The molecule has 2 aromatic heterocycles. The average molecular weight is 415 g/mol. The summed E-state index contributed by atoms with van der Waals surface area (Å²) in [4.78, 5) is 4.45. The molecule has 122 valence electrons. The number of nitrogens with one attached hydrogen (secondary N) is 1. The molecule has 0 saturated heterocycles. The number of fused-ring (bicyclic) bond motifs is 1. The van der Waals surface area contributed by atoms with E-state index in [0.717, 1.165) is 15.1 Å². The summed E-state index contributed by atoms with van der Waals surface area (Å²) in [5.74, 6) is 0.620. The number of halogens is 1. The van der Waals surface area contributed by atoms with Crippen LogP contribution in [0.1, 0.15) is 26.7 Å². The maximum absolute atomic E-state index is 12.4. The van der Waals surface area contributed by atoms with Gasteiger partial charge in [-0.3, -0.25) is 4.72 Å². The van der Waals surface area contributed by atoms with Gasteiger partial charge >= 0.3 is 0 Å². The van der Waals surface area contributed by atoms with Crippen molar-refractivity contribution in [3.05, 3.63) is 40.0 Å². The van der Waals surface area contributed by atoms with Crippen LogP contribution in [-0.4, -0.2) is 13.4 Å². The van der Waals surface area contributed by atoms with E-state index in [9.17, 15) is 8.42 Å². The Morgan fingerprint density at radius 3 is 2.57 bits per heavy atom. The van der Waals surface area contributed by atoms with Crippen molar-refractivity contribution in [3.8, 4) is 0 Å². The van der Waals surface area contributed by atoms with Crippen LogP contribution >= 0.6 is 27.3 Å². The van der Waals surface area contributed by atoms with Gasteiger partial charge in [-0.25, -0.2) is 13.4 Å². The third-order valence-corrected chi connectivity index (χ3v) is 6.59. The highest BCUT2D eigenvalue weighted by Crippen LogP contribution is 2.30. The van der Waals surface area contributed by atoms with E-state index in [1.54, 1.807) is 30.3 Å². The fourth-order valence-electron chi connectivity index (χ4n) is 1.96. The minimum atomic E-state index is -3.60. The van der Waals surface area contributed by atoms with Crippen molar-refractivity contribution < 1.29 is 12.8 Å². The minimum absolute atomic E-state index is 0.206. The molecule has 0 amide bonds. The second-order valence-corrected chi connectivity index (χ2v) is 10.5. The van der Waals surface area contributed by atoms with Crippen LogP contribution in [0.15, 0.2) is 42.7 Å². The second-order valence-electron chi connectivity index (χ2n) is 6.12. The van der Waals surface area contributed by atoms with Crippen LogP contribution in [-0.2, 0) is 15.4 Å². The van der Waals surface area contributed by atoms with Gasteiger partial charge in [-0.05, 0) is 46.3 Å². The molecule has 8 heteroatoms. The van der Waals surface area contributed by atoms with Crippen LogP contribution < -0.4 is 4.72 Å². The first-order chi connectivity index (χ1) is 10.6. The van der Waals surface area contributed by atoms with E-state index in [1.165, 1.54) is 0 Å². The standard InChI is InChI=1S/C15H15BrN2O3S2/c1-15(2,3)14-17-10-8-9(4-5-11(10)21-14)18-23(19,20)13-7-6-12(16)22-13/h4-8,18H,1-3H3. The van der Waals surface area contributed by atoms with Crippen LogP contribution in [0.3, 0.4) is 0 Å². The monoisotopic (exact) mass is 414 g/mol. The van der Waals surface area contributed by atoms with E-state index in [4.69, 9.17) is 4.42 Å². The molecule has 0 aliphatic heterocycles. The Balaban J connectivity index is 1.95. The van der Waals surface area contributed by atoms with Gasteiger partial charge < -0.3 is 4.42 Å². The first-order valence-corrected chi connectivity index (χ1v) is 9.94. The number of sulfonamides is 1. The molecular formula is C15H15BrN2O3S2. The number of anilines is 1. The predicted molar refractivity (Wildman–Crippen MR) is 95.5 cm³/mol. The van der Waals surface area contributed by atoms with Crippen molar-refractivity contribution in [2.45, 2.75) is 30.4 Å². The van der Waals surface area contributed by atoms with E-state index < -0.39 is 10.0 Å². The first-order valence-electron chi connectivity index (χ1n) is 6.84. The van der Waals surface area contributed by atoms with Crippen LogP contribution in [0, 0.1) is 0 Å². The van der Waals surface area contributed by atoms with Crippen molar-refractivity contribution in [3.63, 3.8) is 0 Å². The fraction of sp³-hybridized carbons (Fsp3) is 0.267. The molecule has 0 bridgehead atoms. The Bertz CT molecular complexity index is 968. The maximum atomic E-state index is 12.4. The lowest BCUT2D eigenvalue weighted by molar-refractivity contribution is 0.411. The summed E-state index contributed by atoms with van der Waals surface area (Å²) in [7, 11) is -3.60. The lowest BCUT2D eigenvalue weighted by atomic mass is 9.97. The van der Waals surface area contributed by atoms with Gasteiger partial charge in [-0.15, -0.1) is 11.3 Å². The Labute approximate surface area is 146 Å². The molecule has 2 heterocycles. The number of aromatic nitrogens is 1. The highest BCUT2D eigenvalue weighted by molar-refractivity contribution is 9.11. The Morgan fingerprint density at radius 1 is 1.22 bits per heavy atom. The summed E-state index contributed by atoms with van der Waals surface area (Å²) in [6.45, 7) is 6.03. The highest BCUT2D eigenvalue weighted by atomic mass is 79.9. The van der Waals surface area contributed by atoms with Crippen LogP contribution in [0.25, 0.3) is 11.1 Å². The van der Waals surface area contributed by atoms with Crippen LogP contribution in [0.2, 0.25) is 0 Å². The molecule has 1 N–H and O–H groups in total. The molecule has 0 fully saturated rings. The molecule has 5 nitrogen and oxygen atoms in total. The molecule has 3 aromatic rings. The summed E-state index contributed by atoms with van der Waals surface area (Å²) < 4.78 is 34.0. The Hall–Kier alpha value is -1.38. The molecule has 0 spiro atoms. The molecule has 0 atom stereocenters. The van der Waals surface area contributed by atoms with E-state index in [0.29, 0.717) is 22.7 Å². The molecule has 0 radical (unpaired) electrons. The smallest absolute Gasteiger partial charge is 0.271 e. The molecule has 0 aliphatic rings. The zero-order valence-electron chi connectivity index (χ0n) is 12.8. The van der Waals surface area contributed by atoms with Gasteiger partial charge in [-0.2, -0.15) is 0 Å². The SMILES string of the molecule is CC(C)(C)c1nc2cc(NS(=O)(=O)c3ccc(Br)s3)ccc2o1. The van der Waals surface area contributed by atoms with Crippen molar-refractivity contribution in [1.82, 2.24) is 4.98 Å². The van der Waals surface area contributed by atoms with Gasteiger partial charge in [0, 0.05) is 5.41 Å². The van der Waals surface area contributed by atoms with E-state index in [2.05, 4.69) is 25.6 Å². The average Bonchev–Trinajstić information content (AvgIpc) is 3.03. The zero-order chi connectivity index (χ0) is 16.8. The Morgan fingerprint density at radius 2 is 1.96 bits per heavy atom. The van der Waals surface area contributed by atoms with Crippen molar-refractivity contribution in [2.75, 3.05) is 4.72 Å². The largest absolute Gasteiger partial charge is 0.440 e. The van der Waals surface area contributed by atoms with Crippen LogP contribution in [0.4, 0.5) is 5.69 Å². The predicted octanol–water partition coefficient (Wildman–Crippen LogP) is 4.75. The molecule has 0 aliphatic carbocycles. The lowest BCUT2D eigenvalue weighted by Gasteiger charge is -2.11. The van der Waals surface area contributed by atoms with Crippen LogP contribution in [0.5, 0.6) is 0 Å². The minimum Gasteiger partial charge on any atom is -0.440 e. The normalized spacial score (nSPS) is 12.7. The second kappa shape index (κ2) is 5.61. The maximum Gasteiger partial charge on any atom is 0.271 e. The topological polar surface area (TPSA) is 72.2 Å². The molecule has 1 aromatic carbocycles.